The van der Waals surface area contributed by atoms with E-state index >= 15 is 0 Å². The van der Waals surface area contributed by atoms with Gasteiger partial charge in [0.15, 0.2) is 11.8 Å². The first-order valence-electron chi connectivity index (χ1n) is 7.35. The highest BCUT2D eigenvalue weighted by Crippen LogP contribution is 2.44. The SMILES string of the molecule is CC1=[N+](C(C)C)c2ccccc2C1(C)c1ccccc1. The fourth-order valence-electron chi connectivity index (χ4n) is 3.52. The van der Waals surface area contributed by atoms with E-state index in [4.69, 9.17) is 0 Å². The number of fused-ring (bicyclic) bond motifs is 1. The lowest BCUT2D eigenvalue weighted by Crippen LogP contribution is -2.32. The van der Waals surface area contributed by atoms with Crippen LogP contribution in [-0.4, -0.2) is 16.3 Å². The molecule has 3 rings (SSSR count). The summed E-state index contributed by atoms with van der Waals surface area (Å²) in [6.07, 6.45) is 0. The van der Waals surface area contributed by atoms with Gasteiger partial charge in [-0.2, -0.15) is 4.58 Å². The van der Waals surface area contributed by atoms with Gasteiger partial charge in [0, 0.05) is 18.6 Å². The maximum atomic E-state index is 2.47. The normalized spacial score (nSPS) is 21.4. The van der Waals surface area contributed by atoms with Gasteiger partial charge >= 0.3 is 0 Å². The van der Waals surface area contributed by atoms with Crippen LogP contribution in [0.3, 0.4) is 0 Å². The predicted octanol–water partition coefficient (Wildman–Crippen LogP) is 4.52. The Kier molecular flexibility index (Phi) is 3.01. The van der Waals surface area contributed by atoms with Gasteiger partial charge in [0.05, 0.1) is 0 Å². The van der Waals surface area contributed by atoms with Gasteiger partial charge in [0.1, 0.15) is 5.41 Å². The van der Waals surface area contributed by atoms with E-state index in [1.807, 2.05) is 0 Å². The number of nitrogens with zero attached hydrogens (tertiary/aromatic N) is 1. The van der Waals surface area contributed by atoms with Gasteiger partial charge in [-0.25, -0.2) is 0 Å². The van der Waals surface area contributed by atoms with Crippen LogP contribution in [0.1, 0.15) is 38.8 Å². The summed E-state index contributed by atoms with van der Waals surface area (Å²) in [5.74, 6) is 0. The molecule has 1 heterocycles. The molecule has 1 unspecified atom stereocenters. The van der Waals surface area contributed by atoms with Crippen LogP contribution in [0.5, 0.6) is 0 Å². The van der Waals surface area contributed by atoms with Crippen LogP contribution in [-0.2, 0) is 5.41 Å². The summed E-state index contributed by atoms with van der Waals surface area (Å²) in [5, 5.41) is 0. The lowest BCUT2D eigenvalue weighted by Gasteiger charge is -2.23. The first kappa shape index (κ1) is 13.1. The Labute approximate surface area is 121 Å². The van der Waals surface area contributed by atoms with Crippen molar-refractivity contribution in [1.82, 2.24) is 0 Å². The van der Waals surface area contributed by atoms with E-state index in [2.05, 4.69) is 86.9 Å². The molecule has 0 aromatic heterocycles. The van der Waals surface area contributed by atoms with Gasteiger partial charge in [-0.1, -0.05) is 48.5 Å². The van der Waals surface area contributed by atoms with Gasteiger partial charge in [-0.3, -0.25) is 0 Å². The molecule has 1 heteroatoms. The Morgan fingerprint density at radius 2 is 1.50 bits per heavy atom. The van der Waals surface area contributed by atoms with Crippen LogP contribution in [0.4, 0.5) is 5.69 Å². The van der Waals surface area contributed by atoms with Crippen molar-refractivity contribution < 1.29 is 4.58 Å². The molecule has 0 N–H and O–H groups in total. The Morgan fingerprint density at radius 1 is 0.900 bits per heavy atom. The summed E-state index contributed by atoms with van der Waals surface area (Å²) in [5.41, 5.74) is 5.53. The molecule has 0 aliphatic carbocycles. The molecule has 0 spiro atoms. The van der Waals surface area contributed by atoms with E-state index < -0.39 is 0 Å². The highest BCUT2D eigenvalue weighted by molar-refractivity contribution is 5.97. The van der Waals surface area contributed by atoms with Crippen LogP contribution >= 0.6 is 0 Å². The maximum Gasteiger partial charge on any atom is 0.210 e. The van der Waals surface area contributed by atoms with E-state index in [1.54, 1.807) is 0 Å². The fraction of sp³-hybridized carbons (Fsp3) is 0.316. The van der Waals surface area contributed by atoms with Crippen LogP contribution in [0.25, 0.3) is 0 Å². The minimum Gasteiger partial charge on any atom is -0.197 e. The summed E-state index contributed by atoms with van der Waals surface area (Å²) in [6, 6.07) is 20.1. The van der Waals surface area contributed by atoms with E-state index in [-0.39, 0.29) is 5.41 Å². The highest BCUT2D eigenvalue weighted by Gasteiger charge is 2.48. The van der Waals surface area contributed by atoms with E-state index in [9.17, 15) is 0 Å². The van der Waals surface area contributed by atoms with Gasteiger partial charge in [-0.15, -0.1) is 0 Å². The third-order valence-electron chi connectivity index (χ3n) is 4.65. The molecule has 102 valence electrons. The first-order chi connectivity index (χ1) is 9.56. The van der Waals surface area contributed by atoms with E-state index in [0.717, 1.165) is 0 Å². The third-order valence-corrected chi connectivity index (χ3v) is 4.65. The second-order valence-corrected chi connectivity index (χ2v) is 6.06. The Balaban J connectivity index is 2.32. The fourth-order valence-corrected chi connectivity index (χ4v) is 3.52. The molecule has 0 saturated heterocycles. The second-order valence-electron chi connectivity index (χ2n) is 6.06. The van der Waals surface area contributed by atoms with Crippen LogP contribution < -0.4 is 0 Å². The van der Waals surface area contributed by atoms with Crippen molar-refractivity contribution >= 4 is 11.4 Å². The van der Waals surface area contributed by atoms with Crippen molar-refractivity contribution in [3.8, 4) is 0 Å². The minimum atomic E-state index is -0.0257. The van der Waals surface area contributed by atoms with Crippen LogP contribution in [0.15, 0.2) is 54.6 Å². The molecular formula is C19H22N+. The van der Waals surface area contributed by atoms with Gasteiger partial charge in [0.2, 0.25) is 5.69 Å². The van der Waals surface area contributed by atoms with Crippen molar-refractivity contribution in [2.75, 3.05) is 0 Å². The topological polar surface area (TPSA) is 3.01 Å². The zero-order valence-corrected chi connectivity index (χ0v) is 12.7. The molecule has 1 aliphatic rings. The minimum absolute atomic E-state index is 0.0257. The van der Waals surface area contributed by atoms with Gasteiger partial charge in [0.25, 0.3) is 0 Å². The molecule has 2 aromatic carbocycles. The largest absolute Gasteiger partial charge is 0.210 e. The molecule has 1 aliphatic heterocycles. The van der Waals surface area contributed by atoms with Crippen LogP contribution in [0, 0.1) is 0 Å². The molecule has 0 radical (unpaired) electrons. The van der Waals surface area contributed by atoms with Crippen LogP contribution in [0.2, 0.25) is 0 Å². The third kappa shape index (κ3) is 1.66. The number of hydrogen-bond acceptors (Lipinski definition) is 0. The molecular weight excluding hydrogens is 242 g/mol. The number of hydrogen-bond donors (Lipinski definition) is 0. The van der Waals surface area contributed by atoms with Crippen molar-refractivity contribution in [2.45, 2.75) is 39.2 Å². The molecule has 0 fully saturated rings. The number of benzene rings is 2. The number of para-hydroxylation sites is 1. The quantitative estimate of drug-likeness (QED) is 0.702. The highest BCUT2D eigenvalue weighted by atomic mass is 15.1. The molecule has 0 bridgehead atoms. The molecule has 0 amide bonds. The second kappa shape index (κ2) is 4.59. The van der Waals surface area contributed by atoms with Crippen molar-refractivity contribution in [2.24, 2.45) is 0 Å². The zero-order chi connectivity index (χ0) is 14.3. The van der Waals surface area contributed by atoms with E-state index in [0.29, 0.717) is 6.04 Å². The standard InChI is InChI=1S/C19H22N/c1-14(2)20-15(3)19(4,16-10-6-5-7-11-16)17-12-8-9-13-18(17)20/h5-14H,1-4H3/q+1. The van der Waals surface area contributed by atoms with Gasteiger partial charge < -0.3 is 0 Å². The lowest BCUT2D eigenvalue weighted by atomic mass is 9.74. The van der Waals surface area contributed by atoms with Gasteiger partial charge in [-0.05, 0) is 26.3 Å². The monoisotopic (exact) mass is 264 g/mol. The molecule has 2 aromatic rings. The maximum absolute atomic E-state index is 2.47. The Bertz CT molecular complexity index is 667. The summed E-state index contributed by atoms with van der Waals surface area (Å²) < 4.78 is 2.47. The van der Waals surface area contributed by atoms with E-state index in [1.165, 1.54) is 22.5 Å². The molecule has 0 saturated carbocycles. The predicted molar refractivity (Wildman–Crippen MR) is 85.1 cm³/mol. The smallest absolute Gasteiger partial charge is 0.197 e. The zero-order valence-electron chi connectivity index (χ0n) is 12.7. The summed E-state index contributed by atoms with van der Waals surface area (Å²) in [6.45, 7) is 9.14. The van der Waals surface area contributed by atoms with Crippen molar-refractivity contribution in [3.63, 3.8) is 0 Å². The lowest BCUT2D eigenvalue weighted by molar-refractivity contribution is -0.474. The van der Waals surface area contributed by atoms with Crippen molar-refractivity contribution in [1.29, 1.82) is 0 Å². The molecule has 1 atom stereocenters. The average Bonchev–Trinajstić information content (AvgIpc) is 2.70. The average molecular weight is 264 g/mol. The molecule has 1 nitrogen and oxygen atoms in total. The summed E-state index contributed by atoms with van der Waals surface area (Å²) in [7, 11) is 0. The first-order valence-corrected chi connectivity index (χ1v) is 7.35. The Morgan fingerprint density at radius 3 is 2.15 bits per heavy atom. The summed E-state index contributed by atoms with van der Waals surface area (Å²) >= 11 is 0. The van der Waals surface area contributed by atoms with Crippen molar-refractivity contribution in [3.05, 3.63) is 65.7 Å². The Hall–Kier alpha value is -1.89. The number of rotatable bonds is 2. The summed E-state index contributed by atoms with van der Waals surface area (Å²) in [4.78, 5) is 0. The molecule has 20 heavy (non-hydrogen) atoms.